The molecule has 24 heavy (non-hydrogen) atoms. The summed E-state index contributed by atoms with van der Waals surface area (Å²) in [5.41, 5.74) is 2.89. The van der Waals surface area contributed by atoms with Crippen LogP contribution in [-0.4, -0.2) is 19.2 Å². The van der Waals surface area contributed by atoms with E-state index in [0.29, 0.717) is 6.61 Å². The Balaban J connectivity index is 1.80. The molecule has 3 nitrogen and oxygen atoms in total. The van der Waals surface area contributed by atoms with Crippen LogP contribution in [0.2, 0.25) is 0 Å². The van der Waals surface area contributed by atoms with Crippen molar-refractivity contribution < 1.29 is 14.3 Å². The second-order valence-corrected chi connectivity index (χ2v) is 6.69. The number of carbonyl (C=O) groups is 1. The molecule has 0 aromatic heterocycles. The van der Waals surface area contributed by atoms with E-state index in [2.05, 4.69) is 25.1 Å². The fraction of sp³-hybridized carbons (Fsp3) is 0.381. The van der Waals surface area contributed by atoms with Gasteiger partial charge in [0, 0.05) is 12.3 Å². The molecule has 124 valence electrons. The van der Waals surface area contributed by atoms with Crippen LogP contribution in [0.5, 0.6) is 5.75 Å². The van der Waals surface area contributed by atoms with Gasteiger partial charge in [-0.25, -0.2) is 0 Å². The van der Waals surface area contributed by atoms with Gasteiger partial charge in [0.25, 0.3) is 0 Å². The molecule has 0 N–H and O–H groups in total. The Bertz CT molecular complexity index is 768. The molecule has 2 aromatic rings. The number of hydrogen-bond acceptors (Lipinski definition) is 3. The van der Waals surface area contributed by atoms with E-state index in [1.807, 2.05) is 37.3 Å². The second kappa shape index (κ2) is 5.66. The van der Waals surface area contributed by atoms with E-state index in [-0.39, 0.29) is 17.8 Å². The van der Waals surface area contributed by atoms with Gasteiger partial charge in [-0.2, -0.15) is 0 Å². The van der Waals surface area contributed by atoms with E-state index in [4.69, 9.17) is 9.47 Å². The van der Waals surface area contributed by atoms with Crippen LogP contribution >= 0.6 is 0 Å². The van der Waals surface area contributed by atoms with Gasteiger partial charge in [0.05, 0.1) is 13.2 Å². The highest BCUT2D eigenvalue weighted by atomic mass is 16.5. The number of rotatable bonds is 4. The molecule has 2 aromatic carbocycles. The summed E-state index contributed by atoms with van der Waals surface area (Å²) in [6.45, 7) is 5.15. The quantitative estimate of drug-likeness (QED) is 0.802. The van der Waals surface area contributed by atoms with E-state index >= 15 is 0 Å². The van der Waals surface area contributed by atoms with Crippen molar-refractivity contribution in [1.29, 1.82) is 0 Å². The minimum Gasteiger partial charge on any atom is -0.493 e. The average molecular weight is 322 g/mol. The SMILES string of the molecule is CCOC(=O)C1(c2ccc3c(c2)CCO3)C(C)C1c1ccccc1. The molecule has 1 fully saturated rings. The monoisotopic (exact) mass is 322 g/mol. The number of ether oxygens (including phenoxy) is 2. The van der Waals surface area contributed by atoms with Crippen molar-refractivity contribution >= 4 is 5.97 Å². The molecule has 0 bridgehead atoms. The maximum Gasteiger partial charge on any atom is 0.317 e. The van der Waals surface area contributed by atoms with Gasteiger partial charge in [-0.15, -0.1) is 0 Å². The molecule has 3 unspecified atom stereocenters. The van der Waals surface area contributed by atoms with Crippen LogP contribution in [0, 0.1) is 5.92 Å². The summed E-state index contributed by atoms with van der Waals surface area (Å²) in [6, 6.07) is 16.5. The molecular weight excluding hydrogens is 300 g/mol. The Kier molecular flexibility index (Phi) is 3.60. The van der Waals surface area contributed by atoms with Gasteiger partial charge in [-0.1, -0.05) is 49.4 Å². The fourth-order valence-corrected chi connectivity index (χ4v) is 4.34. The number of benzene rings is 2. The van der Waals surface area contributed by atoms with Crippen molar-refractivity contribution in [3.05, 3.63) is 65.2 Å². The van der Waals surface area contributed by atoms with Crippen LogP contribution in [0.4, 0.5) is 0 Å². The van der Waals surface area contributed by atoms with Crippen molar-refractivity contribution in [3.63, 3.8) is 0 Å². The highest BCUT2D eigenvalue weighted by Gasteiger charge is 2.69. The van der Waals surface area contributed by atoms with Crippen molar-refractivity contribution in [3.8, 4) is 5.75 Å². The molecule has 1 saturated carbocycles. The van der Waals surface area contributed by atoms with Gasteiger partial charge in [0.1, 0.15) is 11.2 Å². The molecule has 0 amide bonds. The van der Waals surface area contributed by atoms with Gasteiger partial charge in [-0.3, -0.25) is 4.79 Å². The predicted molar refractivity (Wildman–Crippen MR) is 92.3 cm³/mol. The summed E-state index contributed by atoms with van der Waals surface area (Å²) in [4.78, 5) is 13.0. The van der Waals surface area contributed by atoms with Crippen molar-refractivity contribution in [2.24, 2.45) is 5.92 Å². The zero-order valence-electron chi connectivity index (χ0n) is 14.1. The number of esters is 1. The lowest BCUT2D eigenvalue weighted by Crippen LogP contribution is -2.27. The van der Waals surface area contributed by atoms with Gasteiger partial charge in [-0.05, 0) is 35.6 Å². The van der Waals surface area contributed by atoms with E-state index in [0.717, 1.165) is 24.3 Å². The van der Waals surface area contributed by atoms with Gasteiger partial charge in [0.2, 0.25) is 0 Å². The Morgan fingerprint density at radius 2 is 2.04 bits per heavy atom. The molecule has 1 heterocycles. The molecule has 1 aliphatic carbocycles. The first-order valence-electron chi connectivity index (χ1n) is 8.68. The lowest BCUT2D eigenvalue weighted by molar-refractivity contribution is -0.146. The van der Waals surface area contributed by atoms with E-state index < -0.39 is 5.41 Å². The van der Waals surface area contributed by atoms with Gasteiger partial charge in [0.15, 0.2) is 0 Å². The molecule has 0 saturated heterocycles. The molecule has 2 aliphatic rings. The molecular formula is C21H22O3. The normalized spacial score (nSPS) is 27.2. The number of carbonyl (C=O) groups excluding carboxylic acids is 1. The molecule has 3 atom stereocenters. The molecule has 0 spiro atoms. The van der Waals surface area contributed by atoms with Crippen LogP contribution in [0.3, 0.4) is 0 Å². The minimum absolute atomic E-state index is 0.106. The van der Waals surface area contributed by atoms with Crippen LogP contribution in [0.15, 0.2) is 48.5 Å². The lowest BCUT2D eigenvalue weighted by atomic mass is 9.88. The fourth-order valence-electron chi connectivity index (χ4n) is 4.34. The van der Waals surface area contributed by atoms with Crippen molar-refractivity contribution in [2.75, 3.05) is 13.2 Å². The number of hydrogen-bond donors (Lipinski definition) is 0. The first-order valence-corrected chi connectivity index (χ1v) is 8.68. The zero-order chi connectivity index (χ0) is 16.7. The zero-order valence-corrected chi connectivity index (χ0v) is 14.1. The summed E-state index contributed by atoms with van der Waals surface area (Å²) < 4.78 is 11.1. The van der Waals surface area contributed by atoms with E-state index in [1.54, 1.807) is 0 Å². The third-order valence-electron chi connectivity index (χ3n) is 5.54. The van der Waals surface area contributed by atoms with Crippen LogP contribution in [0.1, 0.15) is 36.5 Å². The third kappa shape index (κ3) is 2.07. The van der Waals surface area contributed by atoms with Crippen LogP contribution in [0.25, 0.3) is 0 Å². The Labute approximate surface area is 142 Å². The molecule has 0 radical (unpaired) electrons. The third-order valence-corrected chi connectivity index (χ3v) is 5.54. The summed E-state index contributed by atoms with van der Waals surface area (Å²) in [7, 11) is 0. The summed E-state index contributed by atoms with van der Waals surface area (Å²) >= 11 is 0. The first kappa shape index (κ1) is 15.3. The smallest absolute Gasteiger partial charge is 0.317 e. The van der Waals surface area contributed by atoms with E-state index in [9.17, 15) is 4.79 Å². The summed E-state index contributed by atoms with van der Waals surface area (Å²) in [6.07, 6.45) is 0.909. The highest BCUT2D eigenvalue weighted by Crippen LogP contribution is 2.66. The number of fused-ring (bicyclic) bond motifs is 1. The molecule has 1 aliphatic heterocycles. The highest BCUT2D eigenvalue weighted by molar-refractivity contribution is 5.90. The second-order valence-electron chi connectivity index (χ2n) is 6.69. The van der Waals surface area contributed by atoms with Crippen molar-refractivity contribution in [1.82, 2.24) is 0 Å². The van der Waals surface area contributed by atoms with Crippen molar-refractivity contribution in [2.45, 2.75) is 31.6 Å². The molecule has 3 heteroatoms. The topological polar surface area (TPSA) is 35.5 Å². The maximum atomic E-state index is 13.0. The first-order chi connectivity index (χ1) is 11.7. The average Bonchev–Trinajstić information content (AvgIpc) is 2.99. The predicted octanol–water partition coefficient (Wildman–Crippen LogP) is 3.86. The maximum absolute atomic E-state index is 13.0. The van der Waals surface area contributed by atoms with Gasteiger partial charge >= 0.3 is 5.97 Å². The minimum atomic E-state index is -0.574. The lowest BCUT2D eigenvalue weighted by Gasteiger charge is -2.18. The Morgan fingerprint density at radius 3 is 2.79 bits per heavy atom. The van der Waals surface area contributed by atoms with Crippen LogP contribution < -0.4 is 4.74 Å². The summed E-state index contributed by atoms with van der Waals surface area (Å²) in [5.74, 6) is 1.23. The standard InChI is InChI=1S/C21H22O3/c1-3-23-20(22)21(14(2)19(21)15-7-5-4-6-8-15)17-9-10-18-16(13-17)11-12-24-18/h4-10,13-14,19H,3,11-12H2,1-2H3. The Hall–Kier alpha value is -2.29. The van der Waals surface area contributed by atoms with Crippen LogP contribution in [-0.2, 0) is 21.4 Å². The van der Waals surface area contributed by atoms with Gasteiger partial charge < -0.3 is 9.47 Å². The molecule has 4 rings (SSSR count). The largest absolute Gasteiger partial charge is 0.493 e. The summed E-state index contributed by atoms with van der Waals surface area (Å²) in [5, 5.41) is 0. The Morgan fingerprint density at radius 1 is 1.25 bits per heavy atom. The van der Waals surface area contributed by atoms with E-state index in [1.165, 1.54) is 11.1 Å².